The van der Waals surface area contributed by atoms with Gasteiger partial charge in [0.05, 0.1) is 5.56 Å². The third kappa shape index (κ3) is 3.37. The lowest BCUT2D eigenvalue weighted by molar-refractivity contribution is -0.122. The van der Waals surface area contributed by atoms with Gasteiger partial charge in [-0.25, -0.2) is 0 Å². The number of furan rings is 1. The topological polar surface area (TPSA) is 71.3 Å². The number of carbonyl (C=O) groups is 2. The second kappa shape index (κ2) is 5.69. The molecule has 1 rings (SSSR count). The summed E-state index contributed by atoms with van der Waals surface area (Å²) >= 11 is 3.09. The van der Waals surface area contributed by atoms with Gasteiger partial charge in [-0.1, -0.05) is 0 Å². The van der Waals surface area contributed by atoms with E-state index in [4.69, 9.17) is 4.42 Å². The van der Waals surface area contributed by atoms with Crippen LogP contribution in [0.15, 0.2) is 21.4 Å². The van der Waals surface area contributed by atoms with Crippen molar-refractivity contribution in [3.63, 3.8) is 0 Å². The average Bonchev–Trinajstić information content (AvgIpc) is 2.65. The quantitative estimate of drug-likeness (QED) is 0.877. The number of halogens is 1. The van der Waals surface area contributed by atoms with E-state index in [1.165, 1.54) is 6.26 Å². The molecule has 0 bridgehead atoms. The molecular formula is C10H13BrN2O3. The Hall–Kier alpha value is -1.30. The van der Waals surface area contributed by atoms with Crippen molar-refractivity contribution >= 4 is 27.7 Å². The van der Waals surface area contributed by atoms with Crippen molar-refractivity contribution < 1.29 is 14.0 Å². The molecule has 0 aliphatic carbocycles. The summed E-state index contributed by atoms with van der Waals surface area (Å²) in [6.45, 7) is 3.98. The van der Waals surface area contributed by atoms with Crippen molar-refractivity contribution in [2.24, 2.45) is 0 Å². The van der Waals surface area contributed by atoms with Gasteiger partial charge in [-0.15, -0.1) is 0 Å². The van der Waals surface area contributed by atoms with Crippen LogP contribution >= 0.6 is 15.9 Å². The van der Waals surface area contributed by atoms with Crippen LogP contribution in [-0.4, -0.2) is 24.4 Å². The maximum absolute atomic E-state index is 11.6. The molecule has 0 aliphatic rings. The molecule has 0 saturated heterocycles. The van der Waals surface area contributed by atoms with E-state index in [1.807, 2.05) is 6.92 Å². The molecule has 0 saturated carbocycles. The SMILES string of the molecule is CCNC(=O)C(C)NC(=O)c1coc(Br)c1. The zero-order chi connectivity index (χ0) is 12.1. The molecule has 1 atom stereocenters. The number of hydrogen-bond donors (Lipinski definition) is 2. The van der Waals surface area contributed by atoms with Crippen LogP contribution in [-0.2, 0) is 4.79 Å². The zero-order valence-corrected chi connectivity index (χ0v) is 10.6. The molecule has 88 valence electrons. The lowest BCUT2D eigenvalue weighted by atomic mass is 10.2. The highest BCUT2D eigenvalue weighted by atomic mass is 79.9. The number of rotatable bonds is 4. The van der Waals surface area contributed by atoms with Crippen LogP contribution in [0.2, 0.25) is 0 Å². The van der Waals surface area contributed by atoms with E-state index in [0.717, 1.165) is 0 Å². The van der Waals surface area contributed by atoms with Crippen molar-refractivity contribution in [3.05, 3.63) is 22.6 Å². The van der Waals surface area contributed by atoms with Gasteiger partial charge in [0.15, 0.2) is 4.67 Å². The molecule has 16 heavy (non-hydrogen) atoms. The van der Waals surface area contributed by atoms with Crippen LogP contribution in [0.25, 0.3) is 0 Å². The number of nitrogens with one attached hydrogen (secondary N) is 2. The first-order chi connectivity index (χ1) is 7.54. The van der Waals surface area contributed by atoms with Gasteiger partial charge in [-0.2, -0.15) is 0 Å². The minimum absolute atomic E-state index is 0.210. The summed E-state index contributed by atoms with van der Waals surface area (Å²) in [4.78, 5) is 23.0. The molecule has 1 aromatic rings. The van der Waals surface area contributed by atoms with Crippen molar-refractivity contribution in [1.29, 1.82) is 0 Å². The Morgan fingerprint density at radius 3 is 2.75 bits per heavy atom. The third-order valence-electron chi connectivity index (χ3n) is 1.92. The summed E-state index contributed by atoms with van der Waals surface area (Å²) in [5.41, 5.74) is 0.378. The number of hydrogen-bond acceptors (Lipinski definition) is 3. The monoisotopic (exact) mass is 288 g/mol. The highest BCUT2D eigenvalue weighted by Gasteiger charge is 2.16. The average molecular weight is 289 g/mol. The first-order valence-electron chi connectivity index (χ1n) is 4.87. The summed E-state index contributed by atoms with van der Waals surface area (Å²) in [5, 5.41) is 5.18. The minimum atomic E-state index is -0.568. The number of likely N-dealkylation sites (N-methyl/N-ethyl adjacent to an activating group) is 1. The molecule has 1 heterocycles. The van der Waals surface area contributed by atoms with E-state index in [9.17, 15) is 9.59 Å². The maximum atomic E-state index is 11.6. The standard InChI is InChI=1S/C10H13BrN2O3/c1-3-12-9(14)6(2)13-10(15)7-4-8(11)16-5-7/h4-6H,3H2,1-2H3,(H,12,14)(H,13,15). The molecule has 0 aromatic carbocycles. The Kier molecular flexibility index (Phi) is 4.54. The predicted octanol–water partition coefficient (Wildman–Crippen LogP) is 1.30. The highest BCUT2D eigenvalue weighted by Crippen LogP contribution is 2.13. The fourth-order valence-corrected chi connectivity index (χ4v) is 1.44. The summed E-state index contributed by atoms with van der Waals surface area (Å²) < 4.78 is 5.41. The molecule has 0 fully saturated rings. The van der Waals surface area contributed by atoms with Gasteiger partial charge in [0.1, 0.15) is 12.3 Å². The van der Waals surface area contributed by atoms with Crippen LogP contribution in [0.5, 0.6) is 0 Å². The molecule has 0 radical (unpaired) electrons. The fraction of sp³-hybridized carbons (Fsp3) is 0.400. The van der Waals surface area contributed by atoms with Gasteiger partial charge in [0.25, 0.3) is 5.91 Å². The Morgan fingerprint density at radius 2 is 2.25 bits per heavy atom. The van der Waals surface area contributed by atoms with Crippen molar-refractivity contribution in [3.8, 4) is 0 Å². The largest absolute Gasteiger partial charge is 0.457 e. The summed E-state index contributed by atoms with van der Waals surface area (Å²) in [6, 6.07) is 0.973. The van der Waals surface area contributed by atoms with Gasteiger partial charge < -0.3 is 15.1 Å². The maximum Gasteiger partial charge on any atom is 0.255 e. The van der Waals surface area contributed by atoms with Crippen LogP contribution < -0.4 is 10.6 Å². The smallest absolute Gasteiger partial charge is 0.255 e. The lowest BCUT2D eigenvalue weighted by Crippen LogP contribution is -2.44. The van der Waals surface area contributed by atoms with Crippen LogP contribution in [0.1, 0.15) is 24.2 Å². The van der Waals surface area contributed by atoms with Gasteiger partial charge in [0.2, 0.25) is 5.91 Å². The summed E-state index contributed by atoms with van der Waals surface area (Å²) in [6.07, 6.45) is 1.32. The van der Waals surface area contributed by atoms with E-state index in [1.54, 1.807) is 13.0 Å². The van der Waals surface area contributed by atoms with Crippen molar-refractivity contribution in [2.75, 3.05) is 6.54 Å². The van der Waals surface area contributed by atoms with E-state index >= 15 is 0 Å². The Balaban J connectivity index is 2.54. The van der Waals surface area contributed by atoms with E-state index in [0.29, 0.717) is 16.8 Å². The molecule has 1 aromatic heterocycles. The van der Waals surface area contributed by atoms with Crippen LogP contribution in [0, 0.1) is 0 Å². The van der Waals surface area contributed by atoms with Crippen LogP contribution in [0.4, 0.5) is 0 Å². The molecular weight excluding hydrogens is 276 g/mol. The second-order valence-corrected chi connectivity index (χ2v) is 4.01. The van der Waals surface area contributed by atoms with Crippen molar-refractivity contribution in [2.45, 2.75) is 19.9 Å². The van der Waals surface area contributed by atoms with Gasteiger partial charge >= 0.3 is 0 Å². The van der Waals surface area contributed by atoms with E-state index in [-0.39, 0.29) is 11.8 Å². The van der Waals surface area contributed by atoms with Crippen LogP contribution in [0.3, 0.4) is 0 Å². The molecule has 0 spiro atoms. The number of carbonyl (C=O) groups excluding carboxylic acids is 2. The third-order valence-corrected chi connectivity index (χ3v) is 2.34. The highest BCUT2D eigenvalue weighted by molar-refractivity contribution is 9.10. The molecule has 2 N–H and O–H groups in total. The summed E-state index contributed by atoms with van der Waals surface area (Å²) in [7, 11) is 0. The fourth-order valence-electron chi connectivity index (χ4n) is 1.10. The molecule has 0 aliphatic heterocycles. The lowest BCUT2D eigenvalue weighted by Gasteiger charge is -2.12. The first-order valence-corrected chi connectivity index (χ1v) is 5.66. The van der Waals surface area contributed by atoms with Crippen molar-refractivity contribution in [1.82, 2.24) is 10.6 Å². The first kappa shape index (κ1) is 12.8. The second-order valence-electron chi connectivity index (χ2n) is 3.23. The van der Waals surface area contributed by atoms with E-state index in [2.05, 4.69) is 26.6 Å². The Bertz CT molecular complexity index is 389. The van der Waals surface area contributed by atoms with E-state index < -0.39 is 6.04 Å². The molecule has 6 heteroatoms. The predicted molar refractivity (Wildman–Crippen MR) is 62.0 cm³/mol. The minimum Gasteiger partial charge on any atom is -0.457 e. The van der Waals surface area contributed by atoms with Gasteiger partial charge in [0, 0.05) is 12.6 Å². The molecule has 5 nitrogen and oxygen atoms in total. The zero-order valence-electron chi connectivity index (χ0n) is 9.04. The summed E-state index contributed by atoms with van der Waals surface area (Å²) in [5.74, 6) is -0.549. The normalized spacial score (nSPS) is 11.9. The van der Waals surface area contributed by atoms with Gasteiger partial charge in [-0.05, 0) is 29.8 Å². The Morgan fingerprint density at radius 1 is 1.56 bits per heavy atom. The van der Waals surface area contributed by atoms with Gasteiger partial charge in [-0.3, -0.25) is 9.59 Å². The molecule has 2 amide bonds. The molecule has 1 unspecified atom stereocenters. The number of amides is 2. The Labute approximate surface area is 102 Å².